The van der Waals surface area contributed by atoms with Crippen LogP contribution in [-0.4, -0.2) is 31.5 Å². The second-order valence-electron chi connectivity index (χ2n) is 2.20. The molecule has 5 heteroatoms. The number of terminal acetylenes is 1. The third-order valence-corrected chi connectivity index (χ3v) is 5.18. The second-order valence-corrected chi connectivity index (χ2v) is 5.78. The number of hydrogen-bond donors (Lipinski definition) is 0. The van der Waals surface area contributed by atoms with Gasteiger partial charge in [-0.3, -0.25) is 0 Å². The molecule has 0 aromatic carbocycles. The highest BCUT2D eigenvalue weighted by molar-refractivity contribution is 8.08. The van der Waals surface area contributed by atoms with Gasteiger partial charge in [0.25, 0.3) is 6.64 Å². The van der Waals surface area contributed by atoms with Gasteiger partial charge in [0.15, 0.2) is 0 Å². The van der Waals surface area contributed by atoms with Crippen LogP contribution in [0.5, 0.6) is 0 Å². The summed E-state index contributed by atoms with van der Waals surface area (Å²) in [5.74, 6) is 2.59. The van der Waals surface area contributed by atoms with Crippen molar-refractivity contribution < 1.29 is 9.05 Å². The Kier molecular flexibility index (Phi) is 2.69. The fourth-order valence-corrected chi connectivity index (χ4v) is 2.75. The summed E-state index contributed by atoms with van der Waals surface area (Å²) >= 11 is 5.13. The molecule has 1 aliphatic rings. The van der Waals surface area contributed by atoms with Crippen LogP contribution in [0.2, 0.25) is 0 Å². The molecule has 62 valence electrons. The summed E-state index contributed by atoms with van der Waals surface area (Å²) in [4.78, 5) is 0. The van der Waals surface area contributed by atoms with Gasteiger partial charge in [0.05, 0.1) is 6.61 Å². The first-order chi connectivity index (χ1) is 5.14. The molecule has 0 aromatic rings. The molecule has 0 saturated carbocycles. The highest BCUT2D eigenvalue weighted by Crippen LogP contribution is 2.55. The molecule has 1 heterocycles. The van der Waals surface area contributed by atoms with Crippen LogP contribution < -0.4 is 0 Å². The Morgan fingerprint density at radius 2 is 2.55 bits per heavy atom. The number of nitrogens with zero attached hydrogens (tertiary/aromatic N) is 1. The largest absolute Gasteiger partial charge is 0.321 e. The third-order valence-electron chi connectivity index (χ3n) is 1.66. The van der Waals surface area contributed by atoms with Gasteiger partial charge in [0, 0.05) is 7.11 Å². The zero-order valence-corrected chi connectivity index (χ0v) is 8.19. The van der Waals surface area contributed by atoms with E-state index in [0.29, 0.717) is 6.61 Å². The van der Waals surface area contributed by atoms with Crippen molar-refractivity contribution >= 4 is 18.4 Å². The van der Waals surface area contributed by atoms with Crippen molar-refractivity contribution in [2.24, 2.45) is 0 Å². The molecule has 0 amide bonds. The van der Waals surface area contributed by atoms with Gasteiger partial charge in [-0.05, 0) is 18.9 Å². The SMILES string of the molecule is C#CC1COP(=S)(OC)N1C. The minimum Gasteiger partial charge on any atom is -0.321 e. The molecule has 0 spiro atoms. The Bertz CT molecular complexity index is 237. The van der Waals surface area contributed by atoms with Crippen molar-refractivity contribution in [3.05, 3.63) is 0 Å². The Morgan fingerprint density at radius 3 is 2.82 bits per heavy atom. The zero-order valence-electron chi connectivity index (χ0n) is 6.48. The summed E-state index contributed by atoms with van der Waals surface area (Å²) in [6, 6.07) is -0.0271. The van der Waals surface area contributed by atoms with Crippen molar-refractivity contribution in [3.8, 4) is 12.3 Å². The van der Waals surface area contributed by atoms with Crippen molar-refractivity contribution in [1.82, 2.24) is 4.67 Å². The lowest BCUT2D eigenvalue weighted by Crippen LogP contribution is -2.22. The first-order valence-electron chi connectivity index (χ1n) is 3.14. The Balaban J connectivity index is 2.80. The highest BCUT2D eigenvalue weighted by Gasteiger charge is 2.36. The molecule has 1 saturated heterocycles. The monoisotopic (exact) mass is 191 g/mol. The van der Waals surface area contributed by atoms with Crippen LogP contribution in [0.25, 0.3) is 0 Å². The smallest absolute Gasteiger partial charge is 0.264 e. The van der Waals surface area contributed by atoms with Gasteiger partial charge in [-0.15, -0.1) is 6.42 Å². The molecule has 0 aromatic heterocycles. The van der Waals surface area contributed by atoms with Crippen LogP contribution in [0.1, 0.15) is 0 Å². The van der Waals surface area contributed by atoms with E-state index < -0.39 is 6.64 Å². The minimum atomic E-state index is -2.19. The highest BCUT2D eigenvalue weighted by atomic mass is 32.5. The lowest BCUT2D eigenvalue weighted by atomic mass is 10.3. The van der Waals surface area contributed by atoms with Gasteiger partial charge in [-0.1, -0.05) is 5.92 Å². The van der Waals surface area contributed by atoms with Gasteiger partial charge in [0.2, 0.25) is 0 Å². The molecule has 0 aliphatic carbocycles. The lowest BCUT2D eigenvalue weighted by molar-refractivity contribution is 0.312. The molecule has 2 atom stereocenters. The summed E-state index contributed by atoms with van der Waals surface area (Å²) in [6.07, 6.45) is 5.24. The van der Waals surface area contributed by atoms with Crippen molar-refractivity contribution in [1.29, 1.82) is 0 Å². The van der Waals surface area contributed by atoms with Crippen LogP contribution in [0.4, 0.5) is 0 Å². The minimum absolute atomic E-state index is 0.0271. The summed E-state index contributed by atoms with van der Waals surface area (Å²) < 4.78 is 12.2. The molecular weight excluding hydrogens is 181 g/mol. The molecule has 3 nitrogen and oxygen atoms in total. The maximum absolute atomic E-state index is 5.29. The molecule has 0 radical (unpaired) electrons. The molecule has 0 N–H and O–H groups in total. The Labute approximate surface area is 71.9 Å². The summed E-state index contributed by atoms with van der Waals surface area (Å²) in [6.45, 7) is -1.71. The van der Waals surface area contributed by atoms with E-state index >= 15 is 0 Å². The standard InChI is InChI=1S/C6H10NO2PS/c1-4-6-5-9-10(11,8-3)7(6)2/h1,6H,5H2,2-3H3. The van der Waals surface area contributed by atoms with E-state index in [2.05, 4.69) is 5.92 Å². The third kappa shape index (κ3) is 1.48. The molecule has 2 unspecified atom stereocenters. The molecule has 1 aliphatic heterocycles. The Hall–Kier alpha value is 0.0900. The second kappa shape index (κ2) is 3.22. The molecular formula is C6H10NO2PS. The van der Waals surface area contributed by atoms with Gasteiger partial charge >= 0.3 is 0 Å². The van der Waals surface area contributed by atoms with E-state index in [-0.39, 0.29) is 6.04 Å². The molecule has 1 rings (SSSR count). The van der Waals surface area contributed by atoms with E-state index in [9.17, 15) is 0 Å². The van der Waals surface area contributed by atoms with Crippen LogP contribution in [0, 0.1) is 12.3 Å². The van der Waals surface area contributed by atoms with Gasteiger partial charge in [-0.2, -0.15) is 0 Å². The van der Waals surface area contributed by atoms with Crippen molar-refractivity contribution in [2.45, 2.75) is 6.04 Å². The van der Waals surface area contributed by atoms with E-state index in [0.717, 1.165) is 0 Å². The molecule has 11 heavy (non-hydrogen) atoms. The van der Waals surface area contributed by atoms with Crippen LogP contribution in [0.15, 0.2) is 0 Å². The molecule has 0 bridgehead atoms. The van der Waals surface area contributed by atoms with E-state index in [1.165, 1.54) is 0 Å². The summed E-state index contributed by atoms with van der Waals surface area (Å²) in [5, 5.41) is 0. The lowest BCUT2D eigenvalue weighted by Gasteiger charge is -2.21. The van der Waals surface area contributed by atoms with Crippen molar-refractivity contribution in [2.75, 3.05) is 20.8 Å². The number of likely N-dealkylation sites (N-methyl/N-ethyl adjacent to an activating group) is 1. The number of rotatable bonds is 1. The zero-order chi connectivity index (χ0) is 8.48. The Morgan fingerprint density at radius 1 is 1.91 bits per heavy atom. The number of hydrogen-bond acceptors (Lipinski definition) is 3. The predicted octanol–water partition coefficient (Wildman–Crippen LogP) is 0.821. The maximum atomic E-state index is 5.29. The van der Waals surface area contributed by atoms with Crippen LogP contribution in [0.3, 0.4) is 0 Å². The van der Waals surface area contributed by atoms with Gasteiger partial charge in [0.1, 0.15) is 6.04 Å². The fraction of sp³-hybridized carbons (Fsp3) is 0.667. The fourth-order valence-electron chi connectivity index (χ4n) is 0.872. The van der Waals surface area contributed by atoms with Crippen molar-refractivity contribution in [3.63, 3.8) is 0 Å². The van der Waals surface area contributed by atoms with E-state index in [4.69, 9.17) is 27.3 Å². The summed E-state index contributed by atoms with van der Waals surface area (Å²) in [5.41, 5.74) is 0. The van der Waals surface area contributed by atoms with Gasteiger partial charge in [-0.25, -0.2) is 4.67 Å². The van der Waals surface area contributed by atoms with Gasteiger partial charge < -0.3 is 9.05 Å². The summed E-state index contributed by atoms with van der Waals surface area (Å²) in [7, 11) is 3.39. The van der Waals surface area contributed by atoms with Crippen LogP contribution >= 0.6 is 6.64 Å². The predicted molar refractivity (Wildman–Crippen MR) is 47.6 cm³/mol. The quantitative estimate of drug-likeness (QED) is 0.452. The normalized spacial score (nSPS) is 38.8. The average Bonchev–Trinajstić information content (AvgIpc) is 2.31. The van der Waals surface area contributed by atoms with Crippen LogP contribution in [-0.2, 0) is 20.9 Å². The first kappa shape index (κ1) is 9.18. The topological polar surface area (TPSA) is 21.7 Å². The first-order valence-corrected chi connectivity index (χ1v) is 5.73. The van der Waals surface area contributed by atoms with E-state index in [1.807, 2.05) is 11.7 Å². The molecule has 1 fully saturated rings. The van der Waals surface area contributed by atoms with E-state index in [1.54, 1.807) is 7.11 Å². The average molecular weight is 191 g/mol. The maximum Gasteiger partial charge on any atom is 0.264 e.